The maximum absolute atomic E-state index is 11.9. The summed E-state index contributed by atoms with van der Waals surface area (Å²) < 4.78 is 5.30. The Morgan fingerprint density at radius 1 is 1.35 bits per heavy atom. The molecule has 2 rings (SSSR count). The van der Waals surface area contributed by atoms with Gasteiger partial charge in [0.15, 0.2) is 0 Å². The Kier molecular flexibility index (Phi) is 2.79. The van der Waals surface area contributed by atoms with E-state index in [0.717, 1.165) is 12.8 Å². The van der Waals surface area contributed by atoms with Crippen molar-refractivity contribution in [2.75, 3.05) is 6.54 Å². The number of carbonyl (C=O) groups is 2. The van der Waals surface area contributed by atoms with E-state index in [9.17, 15) is 9.59 Å². The number of amides is 1. The molecule has 0 bridgehead atoms. The minimum Gasteiger partial charge on any atom is -0.481 e. The van der Waals surface area contributed by atoms with E-state index in [1.54, 1.807) is 4.90 Å². The second-order valence-corrected chi connectivity index (χ2v) is 5.83. The number of carboxylic acids is 1. The van der Waals surface area contributed by atoms with Gasteiger partial charge in [-0.3, -0.25) is 4.79 Å². The summed E-state index contributed by atoms with van der Waals surface area (Å²) in [4.78, 5) is 24.5. The van der Waals surface area contributed by atoms with Gasteiger partial charge in [0.1, 0.15) is 5.60 Å². The number of hydrogen-bond donors (Lipinski definition) is 1. The maximum Gasteiger partial charge on any atom is 0.410 e. The topological polar surface area (TPSA) is 66.8 Å². The Bertz CT molecular complexity index is 347. The Morgan fingerprint density at radius 3 is 2.53 bits per heavy atom. The fourth-order valence-corrected chi connectivity index (χ4v) is 2.64. The number of ether oxygens (including phenoxy) is 1. The van der Waals surface area contributed by atoms with Gasteiger partial charge in [-0.2, -0.15) is 0 Å². The van der Waals surface area contributed by atoms with Gasteiger partial charge in [0.25, 0.3) is 0 Å². The number of nitrogens with zero attached hydrogens (tertiary/aromatic N) is 1. The zero-order chi connectivity index (χ0) is 12.8. The molecule has 0 spiro atoms. The molecule has 2 fully saturated rings. The van der Waals surface area contributed by atoms with Crippen molar-refractivity contribution in [2.24, 2.45) is 11.8 Å². The monoisotopic (exact) mass is 241 g/mol. The van der Waals surface area contributed by atoms with Gasteiger partial charge in [-0.25, -0.2) is 4.79 Å². The molecule has 0 unspecified atom stereocenters. The lowest BCUT2D eigenvalue weighted by Crippen LogP contribution is -2.41. The van der Waals surface area contributed by atoms with Gasteiger partial charge < -0.3 is 14.7 Å². The van der Waals surface area contributed by atoms with E-state index in [-0.39, 0.29) is 24.0 Å². The summed E-state index contributed by atoms with van der Waals surface area (Å²) in [6.07, 6.45) is 1.39. The molecule has 0 radical (unpaired) electrons. The molecular formula is C12H19NO4. The normalized spacial score (nSPS) is 31.7. The molecule has 1 heterocycles. The van der Waals surface area contributed by atoms with Crippen LogP contribution >= 0.6 is 0 Å². The molecule has 5 nitrogen and oxygen atoms in total. The van der Waals surface area contributed by atoms with Gasteiger partial charge >= 0.3 is 12.1 Å². The number of carboxylic acid groups (broad SMARTS) is 1. The van der Waals surface area contributed by atoms with Crippen LogP contribution in [0.4, 0.5) is 4.79 Å². The zero-order valence-electron chi connectivity index (χ0n) is 10.5. The lowest BCUT2D eigenvalue weighted by molar-refractivity contribution is -0.139. The van der Waals surface area contributed by atoms with E-state index in [0.29, 0.717) is 6.54 Å². The minimum atomic E-state index is -0.796. The molecule has 1 aliphatic carbocycles. The van der Waals surface area contributed by atoms with Crippen LogP contribution < -0.4 is 0 Å². The first-order valence-corrected chi connectivity index (χ1v) is 6.04. The lowest BCUT2D eigenvalue weighted by Gasteiger charge is -2.29. The fourth-order valence-electron chi connectivity index (χ4n) is 2.64. The molecule has 1 aliphatic heterocycles. The van der Waals surface area contributed by atoms with Gasteiger partial charge in [-0.15, -0.1) is 0 Å². The molecule has 0 aromatic rings. The second kappa shape index (κ2) is 3.89. The van der Waals surface area contributed by atoms with Crippen LogP contribution in [-0.2, 0) is 9.53 Å². The summed E-state index contributed by atoms with van der Waals surface area (Å²) in [6.45, 7) is 6.05. The zero-order valence-corrected chi connectivity index (χ0v) is 10.5. The summed E-state index contributed by atoms with van der Waals surface area (Å²) in [5.74, 6) is -1.05. The lowest BCUT2D eigenvalue weighted by atomic mass is 10.1. The highest BCUT2D eigenvalue weighted by Crippen LogP contribution is 2.49. The second-order valence-electron chi connectivity index (χ2n) is 5.83. The number of piperidine rings is 1. The largest absolute Gasteiger partial charge is 0.481 e. The van der Waals surface area contributed by atoms with Crippen molar-refractivity contribution in [3.63, 3.8) is 0 Å². The maximum atomic E-state index is 11.9. The van der Waals surface area contributed by atoms with Crippen LogP contribution in [0.2, 0.25) is 0 Å². The molecule has 1 N–H and O–H groups in total. The predicted octanol–water partition coefficient (Wildman–Crippen LogP) is 1.72. The van der Waals surface area contributed by atoms with Crippen molar-refractivity contribution >= 4 is 12.1 Å². The summed E-state index contributed by atoms with van der Waals surface area (Å²) in [5, 5.41) is 9.04. The molecule has 17 heavy (non-hydrogen) atoms. The Labute approximate surface area is 101 Å². The number of hydrogen-bond acceptors (Lipinski definition) is 3. The van der Waals surface area contributed by atoms with Crippen LogP contribution in [0.15, 0.2) is 0 Å². The van der Waals surface area contributed by atoms with E-state index >= 15 is 0 Å². The molecule has 1 saturated heterocycles. The number of likely N-dealkylation sites (tertiary alicyclic amines) is 1. The van der Waals surface area contributed by atoms with Crippen molar-refractivity contribution in [3.05, 3.63) is 0 Å². The first-order valence-electron chi connectivity index (χ1n) is 6.04. The van der Waals surface area contributed by atoms with Gasteiger partial charge in [0.2, 0.25) is 0 Å². The quantitative estimate of drug-likeness (QED) is 0.759. The molecule has 2 aliphatic rings. The summed E-state index contributed by atoms with van der Waals surface area (Å²) in [6, 6.07) is -0.143. The van der Waals surface area contributed by atoms with Gasteiger partial charge in [-0.05, 0) is 39.5 Å². The summed E-state index contributed by atoms with van der Waals surface area (Å²) in [5.41, 5.74) is -0.530. The van der Waals surface area contributed by atoms with Crippen molar-refractivity contribution in [2.45, 2.75) is 45.3 Å². The first kappa shape index (κ1) is 12.2. The first-order chi connectivity index (χ1) is 7.81. The van der Waals surface area contributed by atoms with E-state index < -0.39 is 11.6 Å². The van der Waals surface area contributed by atoms with Gasteiger partial charge in [0.05, 0.1) is 12.0 Å². The highest BCUT2D eigenvalue weighted by molar-refractivity contribution is 5.78. The van der Waals surface area contributed by atoms with Crippen LogP contribution in [0, 0.1) is 11.8 Å². The Hall–Kier alpha value is -1.26. The van der Waals surface area contributed by atoms with Crippen molar-refractivity contribution < 1.29 is 19.4 Å². The molecule has 0 aromatic carbocycles. The van der Waals surface area contributed by atoms with Crippen LogP contribution in [0.5, 0.6) is 0 Å². The van der Waals surface area contributed by atoms with E-state index in [2.05, 4.69) is 0 Å². The Morgan fingerprint density at radius 2 is 2.00 bits per heavy atom. The van der Waals surface area contributed by atoms with Gasteiger partial charge in [-0.1, -0.05) is 0 Å². The molecule has 1 saturated carbocycles. The Balaban J connectivity index is 2.02. The van der Waals surface area contributed by atoms with Crippen LogP contribution in [0.1, 0.15) is 33.6 Å². The van der Waals surface area contributed by atoms with E-state index in [1.165, 1.54) is 0 Å². The third-order valence-corrected chi connectivity index (χ3v) is 3.34. The SMILES string of the molecule is CC(C)(C)OC(=O)N1CCC[C@H]2[C@@H](C(=O)O)[C@@H]21. The highest BCUT2D eigenvalue weighted by Gasteiger charge is 2.60. The van der Waals surface area contributed by atoms with Gasteiger partial charge in [0, 0.05) is 6.54 Å². The number of rotatable bonds is 1. The van der Waals surface area contributed by atoms with Crippen LogP contribution in [0.25, 0.3) is 0 Å². The summed E-state index contributed by atoms with van der Waals surface area (Å²) in [7, 11) is 0. The predicted molar refractivity (Wildman–Crippen MR) is 60.6 cm³/mol. The highest BCUT2D eigenvalue weighted by atomic mass is 16.6. The molecule has 5 heteroatoms. The van der Waals surface area contributed by atoms with Crippen LogP contribution in [0.3, 0.4) is 0 Å². The molecule has 96 valence electrons. The van der Waals surface area contributed by atoms with Crippen molar-refractivity contribution in [1.29, 1.82) is 0 Å². The average Bonchev–Trinajstić information content (AvgIpc) is 2.87. The number of carbonyl (C=O) groups excluding carboxylic acids is 1. The summed E-state index contributed by atoms with van der Waals surface area (Å²) >= 11 is 0. The fraction of sp³-hybridized carbons (Fsp3) is 0.833. The number of fused-ring (bicyclic) bond motifs is 1. The molecule has 0 aromatic heterocycles. The van der Waals surface area contributed by atoms with Crippen molar-refractivity contribution in [3.8, 4) is 0 Å². The molecular weight excluding hydrogens is 222 g/mol. The third kappa shape index (κ3) is 2.37. The van der Waals surface area contributed by atoms with Crippen LogP contribution in [-0.4, -0.2) is 40.3 Å². The smallest absolute Gasteiger partial charge is 0.410 e. The van der Waals surface area contributed by atoms with E-state index in [4.69, 9.17) is 9.84 Å². The molecule has 3 atom stereocenters. The molecule has 1 amide bonds. The average molecular weight is 241 g/mol. The number of aliphatic carboxylic acids is 1. The van der Waals surface area contributed by atoms with E-state index in [1.807, 2.05) is 20.8 Å². The van der Waals surface area contributed by atoms with Crippen molar-refractivity contribution in [1.82, 2.24) is 4.90 Å². The minimum absolute atomic E-state index is 0.133. The third-order valence-electron chi connectivity index (χ3n) is 3.34. The standard InChI is InChI=1S/C12H19NO4/c1-12(2,3)17-11(16)13-6-4-5-7-8(9(7)13)10(14)15/h7-9H,4-6H2,1-3H3,(H,14,15)/t7-,8+,9+/m0/s1.